The minimum Gasteiger partial charge on any atom is -0.263 e. The number of carbonyl (C=O) groups is 1. The molecular weight excluding hydrogens is 321 g/mol. The molecule has 0 heterocycles. The van der Waals surface area contributed by atoms with Gasteiger partial charge >= 0.3 is 12.1 Å². The Bertz CT molecular complexity index is 786. The number of alkyl halides is 3. The van der Waals surface area contributed by atoms with Gasteiger partial charge in [0, 0.05) is 0 Å². The number of nitrogens with zero attached hydrogens (tertiary/aromatic N) is 2. The molecule has 0 aromatic heterocycles. The van der Waals surface area contributed by atoms with Crippen molar-refractivity contribution < 1.29 is 26.4 Å². The fourth-order valence-electron chi connectivity index (χ4n) is 1.61. The van der Waals surface area contributed by atoms with Crippen LogP contribution in [0, 0.1) is 30.6 Å². The third-order valence-electron chi connectivity index (χ3n) is 2.62. The monoisotopic (exact) mass is 330 g/mol. The Hall–Kier alpha value is -2.52. The molecular formula is C13H9F3N2O3S. The molecule has 0 saturated heterocycles. The smallest absolute Gasteiger partial charge is 0.263 e. The molecule has 1 aromatic carbocycles. The van der Waals surface area contributed by atoms with Crippen LogP contribution in [0.1, 0.15) is 11.1 Å². The molecule has 0 saturated carbocycles. The van der Waals surface area contributed by atoms with E-state index in [0.29, 0.717) is 0 Å². The van der Waals surface area contributed by atoms with Crippen LogP contribution in [0.3, 0.4) is 0 Å². The molecule has 0 bridgehead atoms. The summed E-state index contributed by atoms with van der Waals surface area (Å²) in [6.07, 6.45) is -0.571. The molecule has 0 fully saturated rings. The van der Waals surface area contributed by atoms with Gasteiger partial charge in [0.2, 0.25) is 0 Å². The molecule has 9 heteroatoms. The van der Waals surface area contributed by atoms with E-state index in [0.717, 1.165) is 6.07 Å². The fraction of sp³-hybridized carbons (Fsp3) is 0.231. The van der Waals surface area contributed by atoms with Gasteiger partial charge in [-0.05, 0) is 18.6 Å². The van der Waals surface area contributed by atoms with Crippen LogP contribution in [0.25, 0.3) is 0 Å². The lowest BCUT2D eigenvalue weighted by Crippen LogP contribution is -2.45. The summed E-state index contributed by atoms with van der Waals surface area (Å²) < 4.78 is 61.8. The average molecular weight is 330 g/mol. The van der Waals surface area contributed by atoms with Crippen LogP contribution in [0.15, 0.2) is 23.1 Å². The Kier molecular flexibility index (Phi) is 4.84. The Balaban J connectivity index is 3.57. The van der Waals surface area contributed by atoms with E-state index < -0.39 is 37.9 Å². The van der Waals surface area contributed by atoms with Gasteiger partial charge in [0.1, 0.15) is 11.0 Å². The van der Waals surface area contributed by atoms with Gasteiger partial charge < -0.3 is 0 Å². The summed E-state index contributed by atoms with van der Waals surface area (Å²) in [6.45, 7) is 0.314. The first-order valence-electron chi connectivity index (χ1n) is 5.64. The summed E-state index contributed by atoms with van der Waals surface area (Å²) in [7, 11) is -4.91. The molecule has 1 rings (SSSR count). The zero-order chi connectivity index (χ0) is 17.1. The van der Waals surface area contributed by atoms with Crippen molar-refractivity contribution in [3.05, 3.63) is 29.3 Å². The number of benzene rings is 1. The number of nitriles is 1. The van der Waals surface area contributed by atoms with E-state index in [2.05, 4.69) is 0 Å². The van der Waals surface area contributed by atoms with Crippen molar-refractivity contribution in [2.75, 3.05) is 6.54 Å². The van der Waals surface area contributed by atoms with Crippen molar-refractivity contribution >= 4 is 15.9 Å². The van der Waals surface area contributed by atoms with Gasteiger partial charge in [0.25, 0.3) is 10.0 Å². The molecule has 0 aliphatic carbocycles. The highest BCUT2D eigenvalue weighted by Gasteiger charge is 2.47. The number of amides is 1. The van der Waals surface area contributed by atoms with Gasteiger partial charge in [0.05, 0.1) is 12.1 Å². The number of rotatable bonds is 3. The molecule has 0 unspecified atom stereocenters. The molecule has 0 radical (unpaired) electrons. The van der Waals surface area contributed by atoms with E-state index >= 15 is 0 Å². The Morgan fingerprint density at radius 2 is 2.00 bits per heavy atom. The predicted octanol–water partition coefficient (Wildman–Crippen LogP) is 1.58. The quantitative estimate of drug-likeness (QED) is 0.788. The van der Waals surface area contributed by atoms with E-state index in [1.165, 1.54) is 19.1 Å². The molecule has 22 heavy (non-hydrogen) atoms. The minimum atomic E-state index is -5.42. The van der Waals surface area contributed by atoms with Gasteiger partial charge in [-0.2, -0.15) is 18.4 Å². The summed E-state index contributed by atoms with van der Waals surface area (Å²) in [5, 5.41) is 8.99. The molecule has 5 nitrogen and oxygen atoms in total. The van der Waals surface area contributed by atoms with Crippen LogP contribution in [-0.2, 0) is 14.8 Å². The zero-order valence-electron chi connectivity index (χ0n) is 11.2. The third-order valence-corrected chi connectivity index (χ3v) is 4.39. The lowest BCUT2D eigenvalue weighted by Gasteiger charge is -2.22. The maximum absolute atomic E-state index is 12.5. The number of sulfonamides is 1. The summed E-state index contributed by atoms with van der Waals surface area (Å²) in [6, 6.07) is 5.19. The van der Waals surface area contributed by atoms with Gasteiger partial charge in [-0.1, -0.05) is 18.1 Å². The average Bonchev–Trinajstić information content (AvgIpc) is 2.42. The molecule has 0 aliphatic rings. The van der Waals surface area contributed by atoms with Crippen molar-refractivity contribution in [2.24, 2.45) is 0 Å². The molecule has 0 spiro atoms. The van der Waals surface area contributed by atoms with E-state index in [1.807, 2.05) is 0 Å². The van der Waals surface area contributed by atoms with Crippen molar-refractivity contribution in [3.8, 4) is 18.4 Å². The molecule has 1 amide bonds. The van der Waals surface area contributed by atoms with E-state index in [-0.39, 0.29) is 11.1 Å². The van der Waals surface area contributed by atoms with Crippen molar-refractivity contribution in [1.82, 2.24) is 4.31 Å². The number of aryl methyl sites for hydroxylation is 1. The zero-order valence-corrected chi connectivity index (χ0v) is 12.0. The van der Waals surface area contributed by atoms with E-state index in [4.69, 9.17) is 11.7 Å². The van der Waals surface area contributed by atoms with E-state index in [1.54, 1.807) is 12.0 Å². The molecule has 116 valence electrons. The van der Waals surface area contributed by atoms with Gasteiger partial charge in [0.15, 0.2) is 0 Å². The summed E-state index contributed by atoms with van der Waals surface area (Å²) in [5.74, 6) is -0.923. The normalized spacial score (nSPS) is 11.4. The highest BCUT2D eigenvalue weighted by Crippen LogP contribution is 2.26. The lowest BCUT2D eigenvalue weighted by molar-refractivity contribution is -0.179. The van der Waals surface area contributed by atoms with Crippen LogP contribution in [0.4, 0.5) is 13.2 Å². The van der Waals surface area contributed by atoms with Crippen LogP contribution in [-0.4, -0.2) is 31.4 Å². The van der Waals surface area contributed by atoms with E-state index in [9.17, 15) is 26.4 Å². The number of halogens is 3. The number of carbonyl (C=O) groups excluding carboxylic acids is 1. The van der Waals surface area contributed by atoms with Crippen molar-refractivity contribution in [3.63, 3.8) is 0 Å². The lowest BCUT2D eigenvalue weighted by atomic mass is 10.1. The van der Waals surface area contributed by atoms with Crippen molar-refractivity contribution in [2.45, 2.75) is 18.0 Å². The number of hydrogen-bond acceptors (Lipinski definition) is 4. The fourth-order valence-corrected chi connectivity index (χ4v) is 3.13. The largest absolute Gasteiger partial charge is 0.472 e. The first-order chi connectivity index (χ1) is 10.1. The minimum absolute atomic E-state index is 0.240. The molecule has 0 N–H and O–H groups in total. The second kappa shape index (κ2) is 6.08. The third kappa shape index (κ3) is 3.21. The summed E-state index contributed by atoms with van der Waals surface area (Å²) in [4.78, 5) is 10.6. The second-order valence-electron chi connectivity index (χ2n) is 4.08. The Labute approximate surface area is 125 Å². The summed E-state index contributed by atoms with van der Waals surface area (Å²) in [5.41, 5.74) is -0.108. The number of hydrogen-bond donors (Lipinski definition) is 0. The highest BCUT2D eigenvalue weighted by atomic mass is 32.2. The van der Waals surface area contributed by atoms with Crippen LogP contribution < -0.4 is 0 Å². The first kappa shape index (κ1) is 17.5. The van der Waals surface area contributed by atoms with Crippen LogP contribution in [0.5, 0.6) is 0 Å². The first-order valence-corrected chi connectivity index (χ1v) is 7.08. The van der Waals surface area contributed by atoms with Gasteiger partial charge in [-0.3, -0.25) is 4.79 Å². The Morgan fingerprint density at radius 3 is 2.45 bits per heavy atom. The second-order valence-corrected chi connectivity index (χ2v) is 5.91. The SMILES string of the molecule is C#CCN(C(=O)C(F)(F)F)S(=O)(=O)c1cccc(C)c1C#N. The maximum atomic E-state index is 12.5. The summed E-state index contributed by atoms with van der Waals surface area (Å²) >= 11 is 0. The molecule has 1 aromatic rings. The molecule has 0 aliphatic heterocycles. The molecule has 0 atom stereocenters. The van der Waals surface area contributed by atoms with Crippen LogP contribution >= 0.6 is 0 Å². The highest BCUT2D eigenvalue weighted by molar-refractivity contribution is 7.89. The van der Waals surface area contributed by atoms with Gasteiger partial charge in [-0.25, -0.2) is 12.7 Å². The van der Waals surface area contributed by atoms with Crippen LogP contribution in [0.2, 0.25) is 0 Å². The topological polar surface area (TPSA) is 78.2 Å². The van der Waals surface area contributed by atoms with Gasteiger partial charge in [-0.15, -0.1) is 6.42 Å². The number of terminal acetylenes is 1. The maximum Gasteiger partial charge on any atom is 0.472 e. The van der Waals surface area contributed by atoms with Crippen molar-refractivity contribution in [1.29, 1.82) is 5.26 Å². The standard InChI is InChI=1S/C13H9F3N2O3S/c1-3-7-18(12(19)13(14,15)16)22(20,21)11-6-4-5-9(2)10(11)8-17/h1,4-6H,7H2,2H3. The predicted molar refractivity (Wildman–Crippen MR) is 69.7 cm³/mol. The Morgan fingerprint density at radius 1 is 1.41 bits per heavy atom.